The monoisotopic (exact) mass is 366 g/mol. The van der Waals surface area contributed by atoms with Gasteiger partial charge in [0, 0.05) is 24.1 Å². The summed E-state index contributed by atoms with van der Waals surface area (Å²) in [5, 5.41) is 6.92. The van der Waals surface area contributed by atoms with Gasteiger partial charge in [-0.2, -0.15) is 4.98 Å². The van der Waals surface area contributed by atoms with E-state index in [4.69, 9.17) is 10.3 Å². The van der Waals surface area contributed by atoms with Gasteiger partial charge in [0.1, 0.15) is 0 Å². The fourth-order valence-electron chi connectivity index (χ4n) is 2.27. The number of unbranched alkanes of at least 4 members (excludes halogenated alkanes) is 1. The van der Waals surface area contributed by atoms with Gasteiger partial charge in [0.05, 0.1) is 0 Å². The molecule has 25 heavy (non-hydrogen) atoms. The Labute approximate surface area is 155 Å². The van der Waals surface area contributed by atoms with Crippen LogP contribution in [0, 0.1) is 5.41 Å². The van der Waals surface area contributed by atoms with Crippen LogP contribution in [0.25, 0.3) is 11.4 Å². The van der Waals surface area contributed by atoms with Crippen LogP contribution < -0.4 is 11.1 Å². The van der Waals surface area contributed by atoms with Crippen molar-refractivity contribution in [3.05, 3.63) is 35.7 Å². The Balaban J connectivity index is 0.00000312. The minimum absolute atomic E-state index is 0. The molecule has 2 rings (SSSR count). The highest BCUT2D eigenvalue weighted by molar-refractivity contribution is 5.95. The van der Waals surface area contributed by atoms with Crippen LogP contribution in [-0.2, 0) is 6.42 Å². The second kappa shape index (κ2) is 9.53. The van der Waals surface area contributed by atoms with Crippen LogP contribution in [-0.4, -0.2) is 29.1 Å². The van der Waals surface area contributed by atoms with Crippen molar-refractivity contribution < 1.29 is 9.32 Å². The SMILES string of the molecule is CC(C)(C)Cc1nc(-c2cccc(C(=O)NCCCCN)c2)no1.Cl. The third-order valence-electron chi connectivity index (χ3n) is 3.45. The Morgan fingerprint density at radius 1 is 1.28 bits per heavy atom. The molecule has 0 aliphatic heterocycles. The highest BCUT2D eigenvalue weighted by atomic mass is 35.5. The molecule has 6 nitrogen and oxygen atoms in total. The molecule has 1 aromatic heterocycles. The Hall–Kier alpha value is -1.92. The molecule has 0 spiro atoms. The predicted octanol–water partition coefficient (Wildman–Crippen LogP) is 3.22. The molecule has 0 aliphatic rings. The van der Waals surface area contributed by atoms with Crippen molar-refractivity contribution in [2.24, 2.45) is 11.1 Å². The Morgan fingerprint density at radius 3 is 2.72 bits per heavy atom. The average Bonchev–Trinajstić information content (AvgIpc) is 2.98. The summed E-state index contributed by atoms with van der Waals surface area (Å²) in [6.45, 7) is 7.61. The van der Waals surface area contributed by atoms with Gasteiger partial charge in [-0.25, -0.2) is 0 Å². The molecular weight excluding hydrogens is 340 g/mol. The van der Waals surface area contributed by atoms with E-state index in [0.29, 0.717) is 36.8 Å². The van der Waals surface area contributed by atoms with Crippen LogP contribution in [0.2, 0.25) is 0 Å². The van der Waals surface area contributed by atoms with E-state index in [-0.39, 0.29) is 23.7 Å². The lowest BCUT2D eigenvalue weighted by Crippen LogP contribution is -2.24. The maximum absolute atomic E-state index is 12.2. The normalized spacial score (nSPS) is 11.0. The van der Waals surface area contributed by atoms with Gasteiger partial charge in [-0.3, -0.25) is 4.79 Å². The molecule has 138 valence electrons. The van der Waals surface area contributed by atoms with Gasteiger partial charge in [0.25, 0.3) is 5.91 Å². The number of halogens is 1. The van der Waals surface area contributed by atoms with Crippen LogP contribution in [0.1, 0.15) is 49.9 Å². The number of hydrogen-bond acceptors (Lipinski definition) is 5. The third-order valence-corrected chi connectivity index (χ3v) is 3.45. The van der Waals surface area contributed by atoms with Crippen molar-refractivity contribution >= 4 is 18.3 Å². The van der Waals surface area contributed by atoms with Gasteiger partial charge in [-0.1, -0.05) is 38.1 Å². The lowest BCUT2D eigenvalue weighted by atomic mass is 9.92. The minimum atomic E-state index is -0.104. The Kier molecular flexibility index (Phi) is 8.06. The zero-order valence-corrected chi connectivity index (χ0v) is 15.9. The number of amides is 1. The molecule has 0 saturated carbocycles. The first-order chi connectivity index (χ1) is 11.4. The van der Waals surface area contributed by atoms with Crippen molar-refractivity contribution in [2.45, 2.75) is 40.0 Å². The van der Waals surface area contributed by atoms with E-state index >= 15 is 0 Å². The summed E-state index contributed by atoms with van der Waals surface area (Å²) in [5.74, 6) is 1.01. The molecule has 1 aromatic carbocycles. The quantitative estimate of drug-likeness (QED) is 0.734. The standard InChI is InChI=1S/C18H26N4O2.ClH/c1-18(2,3)12-15-21-16(22-24-15)13-7-6-8-14(11-13)17(23)20-10-5-4-9-19;/h6-8,11H,4-5,9-10,12,19H2,1-3H3,(H,20,23);1H. The molecule has 7 heteroatoms. The smallest absolute Gasteiger partial charge is 0.251 e. The topological polar surface area (TPSA) is 94.0 Å². The first-order valence-corrected chi connectivity index (χ1v) is 8.30. The van der Waals surface area contributed by atoms with Crippen molar-refractivity contribution in [3.8, 4) is 11.4 Å². The molecule has 0 saturated heterocycles. The predicted molar refractivity (Wildman–Crippen MR) is 101 cm³/mol. The Morgan fingerprint density at radius 2 is 2.04 bits per heavy atom. The molecule has 0 aliphatic carbocycles. The summed E-state index contributed by atoms with van der Waals surface area (Å²) >= 11 is 0. The maximum atomic E-state index is 12.2. The number of aromatic nitrogens is 2. The molecule has 1 amide bonds. The fraction of sp³-hybridized carbons (Fsp3) is 0.500. The molecule has 1 heterocycles. The van der Waals surface area contributed by atoms with E-state index in [1.165, 1.54) is 0 Å². The molecular formula is C18H27ClN4O2. The zero-order chi connectivity index (χ0) is 17.6. The first kappa shape index (κ1) is 21.1. The summed E-state index contributed by atoms with van der Waals surface area (Å²) in [4.78, 5) is 16.6. The first-order valence-electron chi connectivity index (χ1n) is 8.30. The second-order valence-corrected chi connectivity index (χ2v) is 7.08. The van der Waals surface area contributed by atoms with Crippen LogP contribution in [0.3, 0.4) is 0 Å². The Bertz CT molecular complexity index is 680. The van der Waals surface area contributed by atoms with E-state index < -0.39 is 0 Å². The lowest BCUT2D eigenvalue weighted by molar-refractivity contribution is 0.0953. The lowest BCUT2D eigenvalue weighted by Gasteiger charge is -2.13. The van der Waals surface area contributed by atoms with Gasteiger partial charge >= 0.3 is 0 Å². The molecule has 0 radical (unpaired) electrons. The fourth-order valence-corrected chi connectivity index (χ4v) is 2.27. The zero-order valence-electron chi connectivity index (χ0n) is 15.0. The average molecular weight is 367 g/mol. The van der Waals surface area contributed by atoms with E-state index in [1.54, 1.807) is 12.1 Å². The molecule has 0 fully saturated rings. The largest absolute Gasteiger partial charge is 0.352 e. The summed E-state index contributed by atoms with van der Waals surface area (Å²) in [7, 11) is 0. The van der Waals surface area contributed by atoms with Crippen LogP contribution in [0.5, 0.6) is 0 Å². The molecule has 0 bridgehead atoms. The van der Waals surface area contributed by atoms with Gasteiger partial charge in [0.2, 0.25) is 11.7 Å². The van der Waals surface area contributed by atoms with Crippen LogP contribution in [0.15, 0.2) is 28.8 Å². The number of nitrogens with two attached hydrogens (primary N) is 1. The number of nitrogens with one attached hydrogen (secondary N) is 1. The molecule has 0 atom stereocenters. The minimum Gasteiger partial charge on any atom is -0.352 e. The highest BCUT2D eigenvalue weighted by Gasteiger charge is 2.17. The molecule has 3 N–H and O–H groups in total. The van der Waals surface area contributed by atoms with E-state index in [0.717, 1.165) is 18.4 Å². The van der Waals surface area contributed by atoms with Crippen molar-refractivity contribution in [1.82, 2.24) is 15.5 Å². The second-order valence-electron chi connectivity index (χ2n) is 7.08. The van der Waals surface area contributed by atoms with Crippen LogP contribution in [0.4, 0.5) is 0 Å². The highest BCUT2D eigenvalue weighted by Crippen LogP contribution is 2.22. The van der Waals surface area contributed by atoms with Gasteiger partial charge in [-0.05, 0) is 36.9 Å². The van der Waals surface area contributed by atoms with Crippen molar-refractivity contribution in [2.75, 3.05) is 13.1 Å². The summed E-state index contributed by atoms with van der Waals surface area (Å²) in [6, 6.07) is 7.25. The maximum Gasteiger partial charge on any atom is 0.251 e. The summed E-state index contributed by atoms with van der Waals surface area (Å²) in [6.07, 6.45) is 2.49. The van der Waals surface area contributed by atoms with E-state index in [9.17, 15) is 4.79 Å². The molecule has 2 aromatic rings. The number of carbonyl (C=O) groups is 1. The van der Waals surface area contributed by atoms with Crippen molar-refractivity contribution in [3.63, 3.8) is 0 Å². The van der Waals surface area contributed by atoms with Crippen LogP contribution >= 0.6 is 12.4 Å². The number of hydrogen-bond donors (Lipinski definition) is 2. The van der Waals surface area contributed by atoms with Gasteiger partial charge < -0.3 is 15.6 Å². The van der Waals surface area contributed by atoms with E-state index in [1.807, 2.05) is 12.1 Å². The summed E-state index contributed by atoms with van der Waals surface area (Å²) < 4.78 is 5.31. The van der Waals surface area contributed by atoms with E-state index in [2.05, 4.69) is 36.2 Å². The number of nitrogens with zero attached hydrogens (tertiary/aromatic N) is 2. The number of benzene rings is 1. The number of rotatable bonds is 7. The third kappa shape index (κ3) is 6.84. The summed E-state index contributed by atoms with van der Waals surface area (Å²) in [5.41, 5.74) is 6.88. The van der Waals surface area contributed by atoms with Crippen molar-refractivity contribution in [1.29, 1.82) is 0 Å². The molecule has 0 unspecified atom stereocenters. The van der Waals surface area contributed by atoms with Gasteiger partial charge in [0.15, 0.2) is 0 Å². The number of carbonyl (C=O) groups excluding carboxylic acids is 1. The van der Waals surface area contributed by atoms with Gasteiger partial charge in [-0.15, -0.1) is 12.4 Å².